The topological polar surface area (TPSA) is 113 Å². The molecule has 6 nitrogen and oxygen atoms in total. The van der Waals surface area contributed by atoms with E-state index in [-0.39, 0.29) is 12.3 Å². The van der Waals surface area contributed by atoms with Gasteiger partial charge >= 0.3 is 5.97 Å². The minimum atomic E-state index is -1.50. The largest absolute Gasteiger partial charge is 0.480 e. The summed E-state index contributed by atoms with van der Waals surface area (Å²) in [6.07, 6.45) is -1.21. The third-order valence-corrected chi connectivity index (χ3v) is 3.11. The van der Waals surface area contributed by atoms with Crippen LogP contribution in [0.15, 0.2) is 30.3 Å². The molecule has 0 aliphatic heterocycles. The van der Waals surface area contributed by atoms with Gasteiger partial charge in [0.2, 0.25) is 0 Å². The highest BCUT2D eigenvalue weighted by atomic mass is 16.4. The summed E-state index contributed by atoms with van der Waals surface area (Å²) in [5.41, 5.74) is 6.44. The minimum Gasteiger partial charge on any atom is -0.480 e. The van der Waals surface area contributed by atoms with Crippen LogP contribution in [0.25, 0.3) is 0 Å². The van der Waals surface area contributed by atoms with Crippen LogP contribution in [0, 0.1) is 5.92 Å². The zero-order valence-electron chi connectivity index (χ0n) is 12.2. The van der Waals surface area contributed by atoms with E-state index in [1.807, 2.05) is 13.8 Å². The Bertz CT molecular complexity index is 476. The van der Waals surface area contributed by atoms with Crippen molar-refractivity contribution in [3.63, 3.8) is 0 Å². The molecule has 1 rings (SSSR count). The number of benzene rings is 1. The molecule has 0 saturated carbocycles. The lowest BCUT2D eigenvalue weighted by Crippen LogP contribution is -2.48. The molecule has 0 saturated heterocycles. The molecule has 6 heteroatoms. The van der Waals surface area contributed by atoms with Crippen LogP contribution in [0.2, 0.25) is 0 Å². The predicted molar refractivity (Wildman–Crippen MR) is 78.4 cm³/mol. The molecular weight excluding hydrogens is 272 g/mol. The average Bonchev–Trinajstić information content (AvgIpc) is 2.45. The number of carbonyl (C=O) groups is 2. The van der Waals surface area contributed by atoms with E-state index in [9.17, 15) is 14.7 Å². The van der Waals surface area contributed by atoms with Crippen LogP contribution >= 0.6 is 0 Å². The maximum absolute atomic E-state index is 11.9. The third kappa shape index (κ3) is 5.17. The lowest BCUT2D eigenvalue weighted by atomic mass is 10.00. The number of carboxylic acid groups (broad SMARTS) is 1. The third-order valence-electron chi connectivity index (χ3n) is 3.11. The summed E-state index contributed by atoms with van der Waals surface area (Å²) in [7, 11) is 0. The Kier molecular flexibility index (Phi) is 6.33. The van der Waals surface area contributed by atoms with E-state index in [1.165, 1.54) is 0 Å². The van der Waals surface area contributed by atoms with Crippen molar-refractivity contribution in [3.05, 3.63) is 35.9 Å². The van der Waals surface area contributed by atoms with Crippen molar-refractivity contribution in [1.29, 1.82) is 0 Å². The summed E-state index contributed by atoms with van der Waals surface area (Å²) < 4.78 is 0. The normalized spacial score (nSPS) is 15.3. The molecular formula is C15H22N2O4. The molecule has 0 aliphatic carbocycles. The Labute approximate surface area is 124 Å². The highest BCUT2D eigenvalue weighted by Gasteiger charge is 2.28. The van der Waals surface area contributed by atoms with E-state index in [2.05, 4.69) is 5.32 Å². The van der Waals surface area contributed by atoms with Crippen LogP contribution in [0.5, 0.6) is 0 Å². The smallest absolute Gasteiger partial charge is 0.326 e. The number of hydrogen-bond acceptors (Lipinski definition) is 4. The van der Waals surface area contributed by atoms with Crippen molar-refractivity contribution in [3.8, 4) is 0 Å². The first-order valence-corrected chi connectivity index (χ1v) is 6.84. The molecule has 1 unspecified atom stereocenters. The molecule has 21 heavy (non-hydrogen) atoms. The average molecular weight is 294 g/mol. The van der Waals surface area contributed by atoms with Crippen LogP contribution in [0.4, 0.5) is 0 Å². The second-order valence-electron chi connectivity index (χ2n) is 5.41. The molecule has 0 fully saturated rings. The van der Waals surface area contributed by atoms with Crippen molar-refractivity contribution in [1.82, 2.24) is 5.32 Å². The van der Waals surface area contributed by atoms with Gasteiger partial charge in [-0.15, -0.1) is 0 Å². The summed E-state index contributed by atoms with van der Waals surface area (Å²) in [6, 6.07) is 6.76. The van der Waals surface area contributed by atoms with Gasteiger partial charge in [0.05, 0.1) is 6.04 Å². The number of nitrogens with two attached hydrogens (primary N) is 1. The molecule has 0 heterocycles. The summed E-state index contributed by atoms with van der Waals surface area (Å²) in [5, 5.41) is 21.4. The second kappa shape index (κ2) is 7.75. The molecule has 3 atom stereocenters. The van der Waals surface area contributed by atoms with Crippen molar-refractivity contribution in [2.45, 2.75) is 38.5 Å². The van der Waals surface area contributed by atoms with Gasteiger partial charge in [0.1, 0.15) is 6.04 Å². The highest BCUT2D eigenvalue weighted by molar-refractivity contribution is 5.86. The first kappa shape index (κ1) is 17.1. The number of aliphatic hydroxyl groups is 1. The summed E-state index contributed by atoms with van der Waals surface area (Å²) in [6.45, 7) is 3.71. The van der Waals surface area contributed by atoms with Gasteiger partial charge in [-0.1, -0.05) is 44.2 Å². The summed E-state index contributed by atoms with van der Waals surface area (Å²) in [4.78, 5) is 23.1. The minimum absolute atomic E-state index is 0.103. The molecule has 0 aliphatic rings. The molecule has 1 aromatic carbocycles. The van der Waals surface area contributed by atoms with Crippen LogP contribution in [-0.2, 0) is 9.59 Å². The zero-order chi connectivity index (χ0) is 16.0. The number of aliphatic hydroxyl groups excluding tert-OH is 1. The Hall–Kier alpha value is -1.92. The van der Waals surface area contributed by atoms with Gasteiger partial charge in [-0.2, -0.15) is 0 Å². The lowest BCUT2D eigenvalue weighted by molar-refractivity contribution is -0.144. The number of amides is 1. The van der Waals surface area contributed by atoms with E-state index in [0.29, 0.717) is 5.56 Å². The van der Waals surface area contributed by atoms with Gasteiger partial charge in [-0.05, 0) is 17.9 Å². The highest BCUT2D eigenvalue weighted by Crippen LogP contribution is 2.14. The van der Waals surface area contributed by atoms with Gasteiger partial charge in [-0.3, -0.25) is 4.79 Å². The fourth-order valence-corrected chi connectivity index (χ4v) is 1.97. The Morgan fingerprint density at radius 1 is 1.24 bits per heavy atom. The number of aliphatic carboxylic acids is 1. The predicted octanol–water partition coefficient (Wildman–Crippen LogP) is 0.663. The Balaban J connectivity index is 2.71. The number of hydrogen-bond donors (Lipinski definition) is 4. The van der Waals surface area contributed by atoms with Gasteiger partial charge in [-0.25, -0.2) is 4.79 Å². The molecule has 0 bridgehead atoms. The molecule has 0 aromatic heterocycles. The van der Waals surface area contributed by atoms with Crippen LogP contribution < -0.4 is 11.1 Å². The number of rotatable bonds is 7. The maximum atomic E-state index is 11.9. The van der Waals surface area contributed by atoms with E-state index in [0.717, 1.165) is 0 Å². The lowest BCUT2D eigenvalue weighted by Gasteiger charge is -2.22. The zero-order valence-corrected chi connectivity index (χ0v) is 12.2. The van der Waals surface area contributed by atoms with Crippen molar-refractivity contribution in [2.75, 3.05) is 0 Å². The van der Waals surface area contributed by atoms with Crippen molar-refractivity contribution in [2.24, 2.45) is 11.7 Å². The van der Waals surface area contributed by atoms with E-state index >= 15 is 0 Å². The summed E-state index contributed by atoms with van der Waals surface area (Å²) >= 11 is 0. The Morgan fingerprint density at radius 2 is 1.81 bits per heavy atom. The summed E-state index contributed by atoms with van der Waals surface area (Å²) in [5.74, 6) is -1.80. The molecule has 5 N–H and O–H groups in total. The van der Waals surface area contributed by atoms with Crippen molar-refractivity contribution < 1.29 is 19.8 Å². The fraction of sp³-hybridized carbons (Fsp3) is 0.467. The maximum Gasteiger partial charge on any atom is 0.326 e. The van der Waals surface area contributed by atoms with Gasteiger partial charge in [0.15, 0.2) is 6.10 Å². The van der Waals surface area contributed by atoms with Crippen LogP contribution in [0.1, 0.15) is 31.9 Å². The van der Waals surface area contributed by atoms with E-state index in [4.69, 9.17) is 10.8 Å². The van der Waals surface area contributed by atoms with Crippen LogP contribution in [-0.4, -0.2) is 34.2 Å². The van der Waals surface area contributed by atoms with Gasteiger partial charge < -0.3 is 21.3 Å². The van der Waals surface area contributed by atoms with Crippen molar-refractivity contribution >= 4 is 11.9 Å². The Morgan fingerprint density at radius 3 is 2.29 bits per heavy atom. The first-order chi connectivity index (χ1) is 9.82. The first-order valence-electron chi connectivity index (χ1n) is 6.84. The van der Waals surface area contributed by atoms with E-state index < -0.39 is 30.1 Å². The molecule has 0 radical (unpaired) electrons. The molecule has 0 spiro atoms. The molecule has 1 aromatic rings. The van der Waals surface area contributed by atoms with E-state index in [1.54, 1.807) is 30.3 Å². The number of carboxylic acids is 1. The number of carbonyl (C=O) groups excluding carboxylic acids is 1. The molecule has 116 valence electrons. The molecule has 1 amide bonds. The van der Waals surface area contributed by atoms with Crippen LogP contribution in [0.3, 0.4) is 0 Å². The monoisotopic (exact) mass is 294 g/mol. The van der Waals surface area contributed by atoms with Gasteiger partial charge in [0, 0.05) is 0 Å². The SMILES string of the molecule is CC(C)CC(NC(=O)[C@@H](O)[C@H](N)c1ccccc1)C(=O)O. The quantitative estimate of drug-likeness (QED) is 0.590. The number of nitrogens with one attached hydrogen (secondary N) is 1. The van der Waals surface area contributed by atoms with Gasteiger partial charge in [0.25, 0.3) is 5.91 Å². The fourth-order valence-electron chi connectivity index (χ4n) is 1.97. The standard InChI is InChI=1S/C15H22N2O4/c1-9(2)8-11(15(20)21)17-14(19)13(18)12(16)10-6-4-3-5-7-10/h3-7,9,11-13,18H,8,16H2,1-2H3,(H,17,19)(H,20,21)/t11?,12-,13+/m1/s1. The second-order valence-corrected chi connectivity index (χ2v) is 5.41.